The molecule has 152 valence electrons. The molecule has 4 aromatic rings. The van der Waals surface area contributed by atoms with Crippen molar-refractivity contribution in [3.05, 3.63) is 86.0 Å². The number of sulfonamides is 1. The lowest BCUT2D eigenvalue weighted by Crippen LogP contribution is -2.11. The van der Waals surface area contributed by atoms with Crippen LogP contribution < -0.4 is 10.6 Å². The predicted octanol–water partition coefficient (Wildman–Crippen LogP) is 6.20. The fourth-order valence-electron chi connectivity index (χ4n) is 3.10. The van der Waals surface area contributed by atoms with Gasteiger partial charge in [-0.15, -0.1) is 11.3 Å². The second-order valence-electron chi connectivity index (χ2n) is 6.42. The van der Waals surface area contributed by atoms with E-state index in [9.17, 15) is 13.2 Å². The van der Waals surface area contributed by atoms with Crippen LogP contribution >= 0.6 is 46.1 Å². The van der Waals surface area contributed by atoms with Crippen molar-refractivity contribution >= 4 is 66.2 Å². The van der Waals surface area contributed by atoms with Gasteiger partial charge < -0.3 is 0 Å². The van der Waals surface area contributed by atoms with Gasteiger partial charge in [-0.1, -0.05) is 65.1 Å². The van der Waals surface area contributed by atoms with E-state index >= 15 is 0 Å². The SMILES string of the molecule is NS(=O)(=O)c1ccc(-c2sc3ccccc3c(=O)c2-c2ccc(Cl)c(Cl)c2Cl)cc1. The van der Waals surface area contributed by atoms with Crippen molar-refractivity contribution in [2.24, 2.45) is 5.14 Å². The zero-order valence-electron chi connectivity index (χ0n) is 15.0. The molecular weight excluding hydrogens is 485 g/mol. The first-order valence-electron chi connectivity index (χ1n) is 8.51. The molecule has 4 nitrogen and oxygen atoms in total. The van der Waals surface area contributed by atoms with Gasteiger partial charge in [-0.05, 0) is 35.9 Å². The van der Waals surface area contributed by atoms with Crippen LogP contribution in [0.15, 0.2) is 70.4 Å². The summed E-state index contributed by atoms with van der Waals surface area (Å²) in [6, 6.07) is 16.5. The quantitative estimate of drug-likeness (QED) is 0.343. The molecule has 9 heteroatoms. The van der Waals surface area contributed by atoms with Crippen LogP contribution in [-0.2, 0) is 10.0 Å². The van der Waals surface area contributed by atoms with E-state index < -0.39 is 10.0 Å². The van der Waals surface area contributed by atoms with Gasteiger partial charge in [0, 0.05) is 26.1 Å². The van der Waals surface area contributed by atoms with Crippen molar-refractivity contribution in [2.75, 3.05) is 0 Å². The van der Waals surface area contributed by atoms with Crippen molar-refractivity contribution in [3.63, 3.8) is 0 Å². The average Bonchev–Trinajstić information content (AvgIpc) is 2.72. The van der Waals surface area contributed by atoms with Crippen molar-refractivity contribution in [2.45, 2.75) is 4.90 Å². The van der Waals surface area contributed by atoms with Crippen LogP contribution in [0.5, 0.6) is 0 Å². The second-order valence-corrected chi connectivity index (χ2v) is 10.2. The van der Waals surface area contributed by atoms with Gasteiger partial charge in [0.05, 0.1) is 20.0 Å². The lowest BCUT2D eigenvalue weighted by atomic mass is 10.00. The lowest BCUT2D eigenvalue weighted by Gasteiger charge is -2.13. The lowest BCUT2D eigenvalue weighted by molar-refractivity contribution is 0.598. The number of hydrogen-bond donors (Lipinski definition) is 1. The molecule has 0 aliphatic carbocycles. The van der Waals surface area contributed by atoms with Crippen LogP contribution in [0, 0.1) is 0 Å². The topological polar surface area (TPSA) is 77.2 Å². The van der Waals surface area contributed by atoms with E-state index in [1.807, 2.05) is 12.1 Å². The predicted molar refractivity (Wildman–Crippen MR) is 125 cm³/mol. The number of hydrogen-bond acceptors (Lipinski definition) is 4. The van der Waals surface area contributed by atoms with Crippen molar-refractivity contribution in [1.82, 2.24) is 0 Å². The molecule has 0 saturated carbocycles. The second kappa shape index (κ2) is 7.96. The summed E-state index contributed by atoms with van der Waals surface area (Å²) < 4.78 is 24.0. The van der Waals surface area contributed by atoms with E-state index in [1.54, 1.807) is 36.4 Å². The van der Waals surface area contributed by atoms with Crippen LogP contribution in [0.2, 0.25) is 15.1 Å². The first-order valence-corrected chi connectivity index (χ1v) is 12.0. The van der Waals surface area contributed by atoms with Crippen LogP contribution in [0.1, 0.15) is 0 Å². The molecule has 0 saturated heterocycles. The number of rotatable bonds is 3. The van der Waals surface area contributed by atoms with Gasteiger partial charge >= 0.3 is 0 Å². The molecule has 0 aliphatic rings. The highest BCUT2D eigenvalue weighted by atomic mass is 35.5. The number of nitrogens with two attached hydrogens (primary N) is 1. The highest BCUT2D eigenvalue weighted by Gasteiger charge is 2.20. The molecule has 0 fully saturated rings. The Kier molecular flexibility index (Phi) is 5.66. The Bertz CT molecular complexity index is 1460. The molecule has 1 aromatic heterocycles. The van der Waals surface area contributed by atoms with Gasteiger partial charge in [-0.25, -0.2) is 13.6 Å². The summed E-state index contributed by atoms with van der Waals surface area (Å²) in [6.07, 6.45) is 0. The molecule has 0 unspecified atom stereocenters. The summed E-state index contributed by atoms with van der Waals surface area (Å²) in [5.74, 6) is 0. The minimum absolute atomic E-state index is 0.0199. The molecule has 0 radical (unpaired) electrons. The molecular formula is C21H12Cl3NO3S2. The summed E-state index contributed by atoms with van der Waals surface area (Å²) >= 11 is 20.1. The fourth-order valence-corrected chi connectivity index (χ4v) is 5.45. The Morgan fingerprint density at radius 2 is 1.50 bits per heavy atom. The molecule has 0 amide bonds. The third kappa shape index (κ3) is 3.75. The van der Waals surface area contributed by atoms with Crippen LogP contribution in [0.25, 0.3) is 31.7 Å². The summed E-state index contributed by atoms with van der Waals surface area (Å²) in [4.78, 5) is 14.1. The molecule has 4 rings (SSSR count). The first-order chi connectivity index (χ1) is 14.2. The first kappa shape index (κ1) is 21.3. The molecule has 0 spiro atoms. The Morgan fingerprint density at radius 3 is 2.17 bits per heavy atom. The highest BCUT2D eigenvalue weighted by Crippen LogP contribution is 2.43. The number of halogens is 3. The fraction of sp³-hybridized carbons (Fsp3) is 0. The van der Waals surface area contributed by atoms with E-state index in [-0.39, 0.29) is 25.4 Å². The molecule has 0 aliphatic heterocycles. The van der Waals surface area contributed by atoms with Crippen LogP contribution in [-0.4, -0.2) is 8.42 Å². The normalized spacial score (nSPS) is 11.7. The van der Waals surface area contributed by atoms with E-state index in [0.717, 1.165) is 4.70 Å². The molecule has 30 heavy (non-hydrogen) atoms. The van der Waals surface area contributed by atoms with Crippen molar-refractivity contribution < 1.29 is 8.42 Å². The molecule has 2 N–H and O–H groups in total. The maximum absolute atomic E-state index is 13.5. The van der Waals surface area contributed by atoms with E-state index in [2.05, 4.69) is 0 Å². The third-order valence-electron chi connectivity index (χ3n) is 4.55. The maximum atomic E-state index is 13.5. The Balaban J connectivity index is 2.08. The van der Waals surface area contributed by atoms with Crippen molar-refractivity contribution in [1.29, 1.82) is 0 Å². The zero-order chi connectivity index (χ0) is 21.6. The molecule has 0 bridgehead atoms. The van der Waals surface area contributed by atoms with Crippen LogP contribution in [0.3, 0.4) is 0 Å². The summed E-state index contributed by atoms with van der Waals surface area (Å²) in [6.45, 7) is 0. The number of benzene rings is 3. The van der Waals surface area contributed by atoms with Crippen LogP contribution in [0.4, 0.5) is 0 Å². The Morgan fingerprint density at radius 1 is 0.833 bits per heavy atom. The summed E-state index contributed by atoms with van der Waals surface area (Å²) in [5, 5.41) is 6.35. The van der Waals surface area contributed by atoms with Gasteiger partial charge in [-0.3, -0.25) is 4.79 Å². The van der Waals surface area contributed by atoms with Crippen molar-refractivity contribution in [3.8, 4) is 21.6 Å². The van der Waals surface area contributed by atoms with E-state index in [4.69, 9.17) is 39.9 Å². The smallest absolute Gasteiger partial charge is 0.238 e. The molecule has 1 heterocycles. The average molecular weight is 497 g/mol. The van der Waals surface area contributed by atoms with Gasteiger partial charge in [0.1, 0.15) is 0 Å². The Labute approximate surface area is 191 Å². The maximum Gasteiger partial charge on any atom is 0.238 e. The van der Waals surface area contributed by atoms with Gasteiger partial charge in [0.25, 0.3) is 0 Å². The molecule has 3 aromatic carbocycles. The Hall–Kier alpha value is -1.93. The minimum Gasteiger partial charge on any atom is -0.288 e. The molecule has 0 atom stereocenters. The van der Waals surface area contributed by atoms with E-state index in [1.165, 1.54) is 23.5 Å². The van der Waals surface area contributed by atoms with Gasteiger partial charge in [0.2, 0.25) is 10.0 Å². The third-order valence-corrected chi connectivity index (χ3v) is 7.99. The minimum atomic E-state index is -3.84. The highest BCUT2D eigenvalue weighted by molar-refractivity contribution is 7.89. The standard InChI is InChI=1S/C21H12Cl3NO3S2/c22-15-10-9-14(18(23)19(15)24)17-20(26)13-3-1-2-4-16(13)29-21(17)11-5-7-12(8-6-11)30(25,27)28/h1-10H,(H2,25,27,28). The van der Waals surface area contributed by atoms with Gasteiger partial charge in [0.15, 0.2) is 5.43 Å². The zero-order valence-corrected chi connectivity index (χ0v) is 18.9. The largest absolute Gasteiger partial charge is 0.288 e. The summed E-state index contributed by atoms with van der Waals surface area (Å²) in [7, 11) is -3.84. The number of fused-ring (bicyclic) bond motifs is 1. The van der Waals surface area contributed by atoms with E-state index in [0.29, 0.717) is 27.0 Å². The summed E-state index contributed by atoms with van der Waals surface area (Å²) in [5.41, 5.74) is 1.25. The number of primary sulfonamides is 1. The monoisotopic (exact) mass is 495 g/mol. The van der Waals surface area contributed by atoms with Gasteiger partial charge in [-0.2, -0.15) is 0 Å².